The molecule has 6 nitrogen and oxygen atoms in total. The molecule has 0 N–H and O–H groups in total. The fraction of sp³-hybridized carbons (Fsp3) is 0.909. The third kappa shape index (κ3) is 6.23. The van der Waals surface area contributed by atoms with Crippen molar-refractivity contribution >= 4 is 17.5 Å². The Morgan fingerprint density at radius 1 is 1.22 bits per heavy atom. The zero-order chi connectivity index (χ0) is 14.0. The predicted octanol–water partition coefficient (Wildman–Crippen LogP) is 0.379. The van der Waals surface area contributed by atoms with Gasteiger partial charge in [0.2, 0.25) is 5.91 Å². The van der Waals surface area contributed by atoms with E-state index in [1.807, 2.05) is 11.9 Å². The lowest BCUT2D eigenvalue weighted by atomic mass is 9.92. The van der Waals surface area contributed by atoms with Crippen LogP contribution in [0.2, 0.25) is 0 Å². The van der Waals surface area contributed by atoms with Gasteiger partial charge >= 0.3 is 11.6 Å². The molecule has 1 aliphatic rings. The number of rotatable bonds is 4. The quantitative estimate of drug-likeness (QED) is 0.744. The molecule has 0 atom stereocenters. The van der Waals surface area contributed by atoms with E-state index in [0.29, 0.717) is 12.1 Å². The zero-order valence-electron chi connectivity index (χ0n) is 11.1. The number of nitrogens with zero attached hydrogens (tertiary/aromatic N) is 1. The Balaban J connectivity index is 0.000000873. The van der Waals surface area contributed by atoms with Gasteiger partial charge in [-0.25, -0.2) is 0 Å². The van der Waals surface area contributed by atoms with Crippen LogP contribution in [0.5, 0.6) is 0 Å². The molecule has 0 aromatic rings. The van der Waals surface area contributed by atoms with Crippen LogP contribution in [0.4, 0.5) is 0 Å². The van der Waals surface area contributed by atoms with Crippen LogP contribution >= 0.6 is 0 Å². The number of hydrogen-bond acceptors (Lipinski definition) is 5. The molecule has 0 aromatic heterocycles. The molecule has 0 spiro atoms. The van der Waals surface area contributed by atoms with Crippen LogP contribution in [0.3, 0.4) is 0 Å². The van der Waals surface area contributed by atoms with Crippen molar-refractivity contribution in [2.24, 2.45) is 0 Å². The largest absolute Gasteiger partial charge is 0.381 e. The fourth-order valence-electron chi connectivity index (χ4n) is 2.10. The van der Waals surface area contributed by atoms with Gasteiger partial charge in [0.15, 0.2) is 0 Å². The molecule has 7 heteroatoms. The Labute approximate surface area is 111 Å². The molecule has 0 unspecified atom stereocenters. The van der Waals surface area contributed by atoms with Gasteiger partial charge in [0, 0.05) is 27.3 Å². The Morgan fingerprint density at radius 3 is 2.11 bits per heavy atom. The molecule has 0 aliphatic heterocycles. The molecule has 1 saturated carbocycles. The molecule has 1 amide bonds. The minimum absolute atomic E-state index is 0.0679. The molecule has 1 fully saturated rings. The average molecular weight is 279 g/mol. The molecule has 0 aromatic carbocycles. The van der Waals surface area contributed by atoms with Crippen LogP contribution in [-0.4, -0.2) is 59.2 Å². The molecule has 0 bridgehead atoms. The molecular formula is C11H21NO5S. The maximum atomic E-state index is 11.6. The number of methoxy groups -OCH3 is 2. The van der Waals surface area contributed by atoms with E-state index < -0.39 is 11.6 Å². The van der Waals surface area contributed by atoms with Crippen LogP contribution in [0.1, 0.15) is 25.7 Å². The first-order valence-electron chi connectivity index (χ1n) is 5.79. The van der Waals surface area contributed by atoms with Gasteiger partial charge in [-0.3, -0.25) is 4.79 Å². The molecule has 0 saturated heterocycles. The normalized spacial score (nSPS) is 22.6. The van der Waals surface area contributed by atoms with Crippen LogP contribution in [-0.2, 0) is 25.8 Å². The Bertz CT molecular complexity index is 273. The van der Waals surface area contributed by atoms with Gasteiger partial charge in [-0.2, -0.15) is 8.42 Å². The van der Waals surface area contributed by atoms with E-state index in [-0.39, 0.29) is 12.5 Å². The fourth-order valence-corrected chi connectivity index (χ4v) is 2.10. The lowest BCUT2D eigenvalue weighted by Gasteiger charge is -2.34. The molecule has 0 heterocycles. The van der Waals surface area contributed by atoms with Crippen molar-refractivity contribution in [3.05, 3.63) is 0 Å². The minimum atomic E-state index is -0.750. The van der Waals surface area contributed by atoms with Gasteiger partial charge in [-0.05, 0) is 25.7 Å². The molecule has 0 radical (unpaired) electrons. The Kier molecular flexibility index (Phi) is 9.72. The van der Waals surface area contributed by atoms with Crippen molar-refractivity contribution in [2.75, 3.05) is 27.9 Å². The van der Waals surface area contributed by atoms with Crippen LogP contribution in [0.25, 0.3) is 0 Å². The van der Waals surface area contributed by atoms with Crippen molar-refractivity contribution in [3.8, 4) is 0 Å². The van der Waals surface area contributed by atoms with E-state index in [0.717, 1.165) is 25.7 Å². The van der Waals surface area contributed by atoms with E-state index in [4.69, 9.17) is 17.9 Å². The maximum absolute atomic E-state index is 11.6. The number of ether oxygens (including phenoxy) is 2. The maximum Gasteiger partial charge on any atom is 0.335 e. The third-order valence-electron chi connectivity index (χ3n) is 3.19. The summed E-state index contributed by atoms with van der Waals surface area (Å²) in [5.74, 6) is 0.0679. The summed E-state index contributed by atoms with van der Waals surface area (Å²) >= 11 is -0.750. The number of likely N-dealkylation sites (N-methyl/N-ethyl adjacent to an activating group) is 1. The molecule has 18 heavy (non-hydrogen) atoms. The zero-order valence-corrected chi connectivity index (χ0v) is 11.9. The van der Waals surface area contributed by atoms with Crippen LogP contribution in [0.15, 0.2) is 0 Å². The average Bonchev–Trinajstić information content (AvgIpc) is 2.39. The number of carbonyl (C=O) groups excluding carboxylic acids is 1. The van der Waals surface area contributed by atoms with E-state index in [2.05, 4.69) is 0 Å². The van der Waals surface area contributed by atoms with Gasteiger partial charge in [0.05, 0.1) is 6.10 Å². The van der Waals surface area contributed by atoms with E-state index in [1.54, 1.807) is 14.2 Å². The minimum Gasteiger partial charge on any atom is -0.381 e. The van der Waals surface area contributed by atoms with E-state index in [1.165, 1.54) is 0 Å². The summed E-state index contributed by atoms with van der Waals surface area (Å²) in [4.78, 5) is 13.4. The lowest BCUT2D eigenvalue weighted by molar-refractivity contribution is -0.137. The predicted molar refractivity (Wildman–Crippen MR) is 66.6 cm³/mol. The van der Waals surface area contributed by atoms with Crippen molar-refractivity contribution in [2.45, 2.75) is 37.8 Å². The third-order valence-corrected chi connectivity index (χ3v) is 3.19. The summed E-state index contributed by atoms with van der Waals surface area (Å²) in [7, 11) is 5.16. The number of amides is 1. The van der Waals surface area contributed by atoms with Gasteiger partial charge in [-0.1, -0.05) is 0 Å². The van der Waals surface area contributed by atoms with Crippen molar-refractivity contribution in [1.82, 2.24) is 4.90 Å². The summed E-state index contributed by atoms with van der Waals surface area (Å²) in [5.41, 5.74) is 0. The molecule has 1 rings (SSSR count). The van der Waals surface area contributed by atoms with E-state index in [9.17, 15) is 4.79 Å². The molecule has 1 aliphatic carbocycles. The van der Waals surface area contributed by atoms with Crippen molar-refractivity contribution < 1.29 is 22.7 Å². The topological polar surface area (TPSA) is 72.9 Å². The van der Waals surface area contributed by atoms with Gasteiger partial charge < -0.3 is 14.4 Å². The SMILES string of the molecule is COCC(=O)N(C)C1CCC(OC)CC1.O=S=O. The monoisotopic (exact) mass is 279 g/mol. The van der Waals surface area contributed by atoms with Crippen LogP contribution < -0.4 is 0 Å². The van der Waals surface area contributed by atoms with Crippen molar-refractivity contribution in [1.29, 1.82) is 0 Å². The highest BCUT2D eigenvalue weighted by molar-refractivity contribution is 7.51. The summed E-state index contributed by atoms with van der Waals surface area (Å²) in [6.07, 6.45) is 4.54. The smallest absolute Gasteiger partial charge is 0.335 e. The first kappa shape index (κ1) is 17.2. The highest BCUT2D eigenvalue weighted by atomic mass is 32.1. The molecule has 106 valence electrons. The summed E-state index contributed by atoms with van der Waals surface area (Å²) in [5, 5.41) is 0. The highest BCUT2D eigenvalue weighted by Gasteiger charge is 2.26. The second kappa shape index (κ2) is 10.2. The standard InChI is InChI=1S/C11H21NO3.O2S/c1-12(11(13)8-14-2)9-4-6-10(15-3)7-5-9;1-3-2/h9-10H,4-8H2,1-3H3;. The van der Waals surface area contributed by atoms with Crippen molar-refractivity contribution in [3.63, 3.8) is 0 Å². The first-order chi connectivity index (χ1) is 8.60. The summed E-state index contributed by atoms with van der Waals surface area (Å²) < 4.78 is 26.7. The van der Waals surface area contributed by atoms with E-state index >= 15 is 0 Å². The van der Waals surface area contributed by atoms with Gasteiger partial charge in [0.1, 0.15) is 6.61 Å². The first-order valence-corrected chi connectivity index (χ1v) is 6.46. The lowest BCUT2D eigenvalue weighted by Crippen LogP contribution is -2.42. The molecular weight excluding hydrogens is 258 g/mol. The highest BCUT2D eigenvalue weighted by Crippen LogP contribution is 2.23. The van der Waals surface area contributed by atoms with Gasteiger partial charge in [-0.15, -0.1) is 0 Å². The van der Waals surface area contributed by atoms with Gasteiger partial charge in [0.25, 0.3) is 0 Å². The summed E-state index contributed by atoms with van der Waals surface area (Å²) in [6.45, 7) is 0.181. The Morgan fingerprint density at radius 2 is 1.72 bits per heavy atom. The number of carbonyl (C=O) groups is 1. The number of hydrogen-bond donors (Lipinski definition) is 0. The second-order valence-corrected chi connectivity index (χ2v) is 4.31. The Hall–Kier alpha value is -0.790. The second-order valence-electron chi connectivity index (χ2n) is 4.17. The summed E-state index contributed by atoms with van der Waals surface area (Å²) in [6, 6.07) is 0.360. The van der Waals surface area contributed by atoms with Crippen LogP contribution in [0, 0.1) is 0 Å².